The lowest BCUT2D eigenvalue weighted by molar-refractivity contribution is -0.121. The highest BCUT2D eigenvalue weighted by molar-refractivity contribution is 9.10. The molecule has 1 N–H and O–H groups in total. The van der Waals surface area contributed by atoms with E-state index in [1.54, 1.807) is 23.8 Å². The zero-order chi connectivity index (χ0) is 21.8. The molecule has 156 valence electrons. The fourth-order valence-corrected chi connectivity index (χ4v) is 3.55. The van der Waals surface area contributed by atoms with E-state index in [0.29, 0.717) is 17.6 Å². The Balaban J connectivity index is 1.57. The number of aromatic nitrogens is 2. The number of hydrogen-bond donors (Lipinski definition) is 1. The summed E-state index contributed by atoms with van der Waals surface area (Å²) in [5, 5.41) is 2.91. The quantitative estimate of drug-likeness (QED) is 0.401. The summed E-state index contributed by atoms with van der Waals surface area (Å²) in [6.07, 6.45) is 0. The summed E-state index contributed by atoms with van der Waals surface area (Å²) in [6, 6.07) is 22.0. The molecule has 0 spiro atoms. The number of benzene rings is 3. The molecule has 0 radical (unpaired) electrons. The summed E-state index contributed by atoms with van der Waals surface area (Å²) in [5.41, 5.74) is 2.88. The number of carbonyl (C=O) groups is 2. The predicted molar refractivity (Wildman–Crippen MR) is 122 cm³/mol. The van der Waals surface area contributed by atoms with Crippen LogP contribution in [-0.2, 0) is 17.9 Å². The molecule has 0 aliphatic rings. The predicted octanol–water partition coefficient (Wildman–Crippen LogP) is 4.35. The van der Waals surface area contributed by atoms with Crippen LogP contribution in [0.3, 0.4) is 0 Å². The Labute approximate surface area is 188 Å². The maximum absolute atomic E-state index is 13.1. The van der Waals surface area contributed by atoms with Gasteiger partial charge in [0.1, 0.15) is 12.3 Å². The van der Waals surface area contributed by atoms with Gasteiger partial charge in [-0.05, 0) is 54.1 Å². The largest absolute Gasteiger partial charge is 0.497 e. The van der Waals surface area contributed by atoms with E-state index in [0.717, 1.165) is 21.3 Å². The second-order valence-corrected chi connectivity index (χ2v) is 7.89. The van der Waals surface area contributed by atoms with Gasteiger partial charge in [-0.2, -0.15) is 0 Å². The Morgan fingerprint density at radius 3 is 2.42 bits per heavy atom. The van der Waals surface area contributed by atoms with Crippen LogP contribution in [0.15, 0.2) is 77.3 Å². The molecule has 0 unspecified atom stereocenters. The number of imidazole rings is 1. The average Bonchev–Trinajstić information content (AvgIpc) is 3.16. The van der Waals surface area contributed by atoms with E-state index in [2.05, 4.69) is 26.2 Å². The highest BCUT2D eigenvalue weighted by Crippen LogP contribution is 2.20. The summed E-state index contributed by atoms with van der Waals surface area (Å²) < 4.78 is 7.71. The number of halogens is 1. The van der Waals surface area contributed by atoms with Crippen molar-refractivity contribution in [3.8, 4) is 5.75 Å². The highest BCUT2D eigenvalue weighted by Gasteiger charge is 2.20. The second kappa shape index (κ2) is 9.14. The number of amides is 1. The average molecular weight is 478 g/mol. The van der Waals surface area contributed by atoms with Crippen molar-refractivity contribution in [1.82, 2.24) is 14.9 Å². The van der Waals surface area contributed by atoms with Gasteiger partial charge in [0.2, 0.25) is 11.7 Å². The van der Waals surface area contributed by atoms with Crippen molar-refractivity contribution in [2.24, 2.45) is 0 Å². The van der Waals surface area contributed by atoms with Crippen LogP contribution in [0.1, 0.15) is 21.7 Å². The van der Waals surface area contributed by atoms with Gasteiger partial charge >= 0.3 is 0 Å². The fraction of sp³-hybridized carbons (Fsp3) is 0.125. The van der Waals surface area contributed by atoms with Gasteiger partial charge in [-0.1, -0.05) is 40.2 Å². The molecular weight excluding hydrogens is 458 g/mol. The molecule has 0 saturated heterocycles. The number of ketones is 1. The molecular formula is C24H20BrN3O3. The maximum atomic E-state index is 13.1. The smallest absolute Gasteiger partial charge is 0.240 e. The Kier molecular flexibility index (Phi) is 6.13. The Bertz CT molecular complexity index is 1230. The van der Waals surface area contributed by atoms with E-state index >= 15 is 0 Å². The second-order valence-electron chi connectivity index (χ2n) is 6.97. The molecule has 31 heavy (non-hydrogen) atoms. The van der Waals surface area contributed by atoms with Gasteiger partial charge in [0.05, 0.1) is 18.1 Å². The molecule has 3 aromatic carbocycles. The lowest BCUT2D eigenvalue weighted by Gasteiger charge is -2.10. The number of nitrogens with zero attached hydrogens (tertiary/aromatic N) is 2. The lowest BCUT2D eigenvalue weighted by Crippen LogP contribution is -2.28. The van der Waals surface area contributed by atoms with E-state index in [9.17, 15) is 9.59 Å². The van der Waals surface area contributed by atoms with Crippen molar-refractivity contribution in [2.45, 2.75) is 13.1 Å². The van der Waals surface area contributed by atoms with Crippen LogP contribution in [0, 0.1) is 0 Å². The third-order valence-electron chi connectivity index (χ3n) is 4.91. The lowest BCUT2D eigenvalue weighted by atomic mass is 10.1. The number of nitrogens with one attached hydrogen (secondary N) is 1. The number of hydrogen-bond acceptors (Lipinski definition) is 4. The van der Waals surface area contributed by atoms with Crippen molar-refractivity contribution in [2.75, 3.05) is 7.11 Å². The van der Waals surface area contributed by atoms with Crippen molar-refractivity contribution >= 4 is 38.7 Å². The first-order valence-electron chi connectivity index (χ1n) is 9.70. The molecule has 6 nitrogen and oxygen atoms in total. The number of rotatable bonds is 7. The van der Waals surface area contributed by atoms with Gasteiger partial charge in [-0.3, -0.25) is 9.59 Å². The van der Waals surface area contributed by atoms with E-state index in [1.165, 1.54) is 0 Å². The Morgan fingerprint density at radius 1 is 1.00 bits per heavy atom. The van der Waals surface area contributed by atoms with Gasteiger partial charge < -0.3 is 14.6 Å². The van der Waals surface area contributed by atoms with Crippen molar-refractivity contribution in [3.05, 3.63) is 94.2 Å². The molecule has 1 aromatic heterocycles. The minimum Gasteiger partial charge on any atom is -0.497 e. The zero-order valence-electron chi connectivity index (χ0n) is 16.8. The first-order chi connectivity index (χ1) is 15.0. The normalized spacial score (nSPS) is 10.8. The minimum atomic E-state index is -0.230. The zero-order valence-corrected chi connectivity index (χ0v) is 18.4. The molecule has 1 amide bonds. The summed E-state index contributed by atoms with van der Waals surface area (Å²) in [7, 11) is 1.61. The summed E-state index contributed by atoms with van der Waals surface area (Å²) in [6.45, 7) is 0.375. The van der Waals surface area contributed by atoms with Crippen LogP contribution < -0.4 is 10.1 Å². The minimum absolute atomic E-state index is 0.00569. The van der Waals surface area contributed by atoms with Gasteiger partial charge in [-0.15, -0.1) is 0 Å². The standard InChI is InChI=1S/C24H20BrN3O3/c1-31-19-12-6-16(7-13-19)14-26-22(29)15-28-21-5-3-2-4-20(21)27-24(28)23(30)17-8-10-18(25)11-9-17/h2-13H,14-15H2,1H3,(H,26,29). The topological polar surface area (TPSA) is 73.2 Å². The molecule has 4 aromatic rings. The highest BCUT2D eigenvalue weighted by atomic mass is 79.9. The number of fused-ring (bicyclic) bond motifs is 1. The fourth-order valence-electron chi connectivity index (χ4n) is 3.28. The van der Waals surface area contributed by atoms with Crippen LogP contribution in [0.2, 0.25) is 0 Å². The number of methoxy groups -OCH3 is 1. The van der Waals surface area contributed by atoms with Crippen molar-refractivity contribution < 1.29 is 14.3 Å². The SMILES string of the molecule is COc1ccc(CNC(=O)Cn2c(C(=O)c3ccc(Br)cc3)nc3ccccc32)cc1. The third-order valence-corrected chi connectivity index (χ3v) is 5.44. The number of para-hydroxylation sites is 2. The number of carbonyl (C=O) groups excluding carboxylic acids is 2. The van der Waals surface area contributed by atoms with Crippen LogP contribution in [0.5, 0.6) is 5.75 Å². The summed E-state index contributed by atoms with van der Waals surface area (Å²) in [4.78, 5) is 30.3. The van der Waals surface area contributed by atoms with E-state index in [-0.39, 0.29) is 24.1 Å². The van der Waals surface area contributed by atoms with Gasteiger partial charge in [0, 0.05) is 16.6 Å². The van der Waals surface area contributed by atoms with Gasteiger partial charge in [-0.25, -0.2) is 4.98 Å². The molecule has 0 aliphatic carbocycles. The van der Waals surface area contributed by atoms with Crippen molar-refractivity contribution in [1.29, 1.82) is 0 Å². The molecule has 0 aliphatic heterocycles. The van der Waals surface area contributed by atoms with E-state index < -0.39 is 0 Å². The molecule has 7 heteroatoms. The molecule has 0 bridgehead atoms. The van der Waals surface area contributed by atoms with Crippen molar-refractivity contribution in [3.63, 3.8) is 0 Å². The van der Waals surface area contributed by atoms with Crippen LogP contribution in [0.4, 0.5) is 0 Å². The first kappa shape index (κ1) is 20.8. The van der Waals surface area contributed by atoms with Crippen LogP contribution in [-0.4, -0.2) is 28.4 Å². The monoisotopic (exact) mass is 477 g/mol. The third kappa shape index (κ3) is 4.67. The van der Waals surface area contributed by atoms with Crippen LogP contribution >= 0.6 is 15.9 Å². The molecule has 0 fully saturated rings. The summed E-state index contributed by atoms with van der Waals surface area (Å²) >= 11 is 3.38. The maximum Gasteiger partial charge on any atom is 0.240 e. The molecule has 4 rings (SSSR count). The first-order valence-corrected chi connectivity index (χ1v) is 10.5. The van der Waals surface area contributed by atoms with Crippen LogP contribution in [0.25, 0.3) is 11.0 Å². The molecule has 1 heterocycles. The van der Waals surface area contributed by atoms with E-state index in [4.69, 9.17) is 4.74 Å². The molecule has 0 atom stereocenters. The Hall–Kier alpha value is -3.45. The van der Waals surface area contributed by atoms with Gasteiger partial charge in [0.15, 0.2) is 5.82 Å². The Morgan fingerprint density at radius 2 is 1.71 bits per heavy atom. The van der Waals surface area contributed by atoms with Gasteiger partial charge in [0.25, 0.3) is 0 Å². The summed E-state index contributed by atoms with van der Waals surface area (Å²) in [5.74, 6) is 0.564. The number of ether oxygens (including phenoxy) is 1. The molecule has 0 saturated carbocycles. The van der Waals surface area contributed by atoms with E-state index in [1.807, 2.05) is 60.7 Å².